The number of nitrogens with two attached hydrogens (primary N) is 1. The van der Waals surface area contributed by atoms with Crippen molar-refractivity contribution in [2.75, 3.05) is 13.1 Å². The summed E-state index contributed by atoms with van der Waals surface area (Å²) in [5, 5.41) is 3.56. The first-order valence-electron chi connectivity index (χ1n) is 3.64. The van der Waals surface area contributed by atoms with E-state index in [1.165, 1.54) is 11.3 Å². The van der Waals surface area contributed by atoms with Gasteiger partial charge in [0.2, 0.25) is 0 Å². The fourth-order valence-electron chi connectivity index (χ4n) is 0.739. The van der Waals surface area contributed by atoms with Crippen LogP contribution in [-0.4, -0.2) is 24.0 Å². The number of carbonyl (C=O) groups excluding carboxylic acids is 1. The molecule has 0 unspecified atom stereocenters. The molecule has 4 nitrogen and oxygen atoms in total. The minimum absolute atomic E-state index is 0.0916. The second-order valence-corrected chi connectivity index (χ2v) is 3.52. The number of carbonyl (C=O) groups is 1. The number of hydrogen-bond acceptors (Lipinski definition) is 4. The van der Waals surface area contributed by atoms with E-state index < -0.39 is 0 Å². The Kier molecular flexibility index (Phi) is 3.19. The number of rotatable bonds is 3. The van der Waals surface area contributed by atoms with Crippen molar-refractivity contribution in [1.29, 1.82) is 0 Å². The van der Waals surface area contributed by atoms with E-state index in [-0.39, 0.29) is 5.91 Å². The molecule has 0 saturated heterocycles. The molecule has 1 aromatic heterocycles. The van der Waals surface area contributed by atoms with Gasteiger partial charge in [0.15, 0.2) is 0 Å². The normalized spacial score (nSPS) is 9.83. The molecular formula is C7H11N3OS. The number of aryl methyl sites for hydroxylation is 1. The molecule has 0 aromatic carbocycles. The molecule has 1 rings (SSSR count). The van der Waals surface area contributed by atoms with E-state index in [0.717, 1.165) is 5.01 Å². The highest BCUT2D eigenvalue weighted by atomic mass is 32.1. The number of thiazole rings is 1. The third-order valence-electron chi connectivity index (χ3n) is 1.27. The monoisotopic (exact) mass is 185 g/mol. The summed E-state index contributed by atoms with van der Waals surface area (Å²) in [6.45, 7) is 2.84. The van der Waals surface area contributed by atoms with Crippen LogP contribution >= 0.6 is 11.3 Å². The third kappa shape index (κ3) is 2.28. The minimum Gasteiger partial charge on any atom is -0.350 e. The van der Waals surface area contributed by atoms with Gasteiger partial charge in [-0.25, -0.2) is 4.98 Å². The SMILES string of the molecule is Cc1ncc(C(=O)NCCN)s1. The topological polar surface area (TPSA) is 68.0 Å². The highest BCUT2D eigenvalue weighted by molar-refractivity contribution is 7.13. The molecule has 0 spiro atoms. The second-order valence-electron chi connectivity index (χ2n) is 2.29. The zero-order valence-electron chi connectivity index (χ0n) is 6.83. The zero-order chi connectivity index (χ0) is 8.97. The molecule has 0 aliphatic rings. The molecule has 0 saturated carbocycles. The fourth-order valence-corrected chi connectivity index (χ4v) is 1.43. The summed E-state index contributed by atoms with van der Waals surface area (Å²) >= 11 is 1.38. The van der Waals surface area contributed by atoms with Crippen molar-refractivity contribution in [3.63, 3.8) is 0 Å². The van der Waals surface area contributed by atoms with Gasteiger partial charge >= 0.3 is 0 Å². The Morgan fingerprint density at radius 3 is 3.08 bits per heavy atom. The standard InChI is InChI=1S/C7H11N3OS/c1-5-10-4-6(12-5)7(11)9-3-2-8/h4H,2-3,8H2,1H3,(H,9,11). The van der Waals surface area contributed by atoms with Gasteiger partial charge in [0.25, 0.3) is 5.91 Å². The van der Waals surface area contributed by atoms with Crippen molar-refractivity contribution in [3.8, 4) is 0 Å². The maximum atomic E-state index is 11.2. The smallest absolute Gasteiger partial charge is 0.263 e. The van der Waals surface area contributed by atoms with E-state index in [2.05, 4.69) is 10.3 Å². The van der Waals surface area contributed by atoms with Crippen molar-refractivity contribution < 1.29 is 4.79 Å². The number of amides is 1. The van der Waals surface area contributed by atoms with E-state index in [0.29, 0.717) is 18.0 Å². The molecule has 66 valence electrons. The van der Waals surface area contributed by atoms with E-state index in [1.807, 2.05) is 6.92 Å². The van der Waals surface area contributed by atoms with Gasteiger partial charge in [0.1, 0.15) is 4.88 Å². The largest absolute Gasteiger partial charge is 0.350 e. The van der Waals surface area contributed by atoms with Crippen LogP contribution in [0.1, 0.15) is 14.7 Å². The van der Waals surface area contributed by atoms with Gasteiger partial charge in [-0.1, -0.05) is 0 Å². The number of hydrogen-bond donors (Lipinski definition) is 2. The summed E-state index contributed by atoms with van der Waals surface area (Å²) in [5.74, 6) is -0.0916. The average molecular weight is 185 g/mol. The fraction of sp³-hybridized carbons (Fsp3) is 0.429. The minimum atomic E-state index is -0.0916. The maximum Gasteiger partial charge on any atom is 0.263 e. The van der Waals surface area contributed by atoms with E-state index >= 15 is 0 Å². The first-order valence-corrected chi connectivity index (χ1v) is 4.46. The quantitative estimate of drug-likeness (QED) is 0.704. The van der Waals surface area contributed by atoms with Crippen LogP contribution in [0, 0.1) is 6.92 Å². The average Bonchev–Trinajstić information content (AvgIpc) is 2.47. The first kappa shape index (κ1) is 9.15. The van der Waals surface area contributed by atoms with E-state index in [9.17, 15) is 4.79 Å². The van der Waals surface area contributed by atoms with Gasteiger partial charge in [-0.05, 0) is 6.92 Å². The van der Waals surface area contributed by atoms with Crippen LogP contribution in [-0.2, 0) is 0 Å². The Labute approximate surface area is 74.8 Å². The summed E-state index contributed by atoms with van der Waals surface area (Å²) in [7, 11) is 0. The van der Waals surface area contributed by atoms with Gasteiger partial charge in [-0.15, -0.1) is 11.3 Å². The molecule has 12 heavy (non-hydrogen) atoms. The van der Waals surface area contributed by atoms with Crippen molar-refractivity contribution in [2.24, 2.45) is 5.73 Å². The summed E-state index contributed by atoms with van der Waals surface area (Å²) in [6, 6.07) is 0. The van der Waals surface area contributed by atoms with Crippen molar-refractivity contribution >= 4 is 17.2 Å². The Morgan fingerprint density at radius 2 is 2.58 bits per heavy atom. The van der Waals surface area contributed by atoms with Crippen LogP contribution in [0.15, 0.2) is 6.20 Å². The van der Waals surface area contributed by atoms with Gasteiger partial charge in [0, 0.05) is 13.1 Å². The third-order valence-corrected chi connectivity index (χ3v) is 2.19. The maximum absolute atomic E-state index is 11.2. The Bertz CT molecular complexity index is 271. The molecule has 5 heteroatoms. The predicted octanol–water partition coefficient (Wildman–Crippen LogP) is 0.140. The van der Waals surface area contributed by atoms with Crippen LogP contribution in [0.4, 0.5) is 0 Å². The second kappa shape index (κ2) is 4.18. The molecule has 0 bridgehead atoms. The van der Waals surface area contributed by atoms with Crippen LogP contribution < -0.4 is 11.1 Å². The molecule has 1 amide bonds. The highest BCUT2D eigenvalue weighted by Gasteiger charge is 2.06. The van der Waals surface area contributed by atoms with Crippen LogP contribution in [0.25, 0.3) is 0 Å². The predicted molar refractivity (Wildman–Crippen MR) is 48.2 cm³/mol. The molecule has 3 N–H and O–H groups in total. The summed E-state index contributed by atoms with van der Waals surface area (Å²) in [6.07, 6.45) is 1.58. The number of aromatic nitrogens is 1. The van der Waals surface area contributed by atoms with Crippen molar-refractivity contribution in [3.05, 3.63) is 16.1 Å². The van der Waals surface area contributed by atoms with Gasteiger partial charge in [0.05, 0.1) is 11.2 Å². The molecular weight excluding hydrogens is 174 g/mol. The lowest BCUT2D eigenvalue weighted by Gasteiger charge is -1.98. The van der Waals surface area contributed by atoms with Crippen LogP contribution in [0.3, 0.4) is 0 Å². The molecule has 0 aliphatic carbocycles. The van der Waals surface area contributed by atoms with Crippen LogP contribution in [0.5, 0.6) is 0 Å². The summed E-state index contributed by atoms with van der Waals surface area (Å²) < 4.78 is 0. The van der Waals surface area contributed by atoms with Crippen molar-refractivity contribution in [2.45, 2.75) is 6.92 Å². The molecule has 1 aromatic rings. The molecule has 0 atom stereocenters. The first-order chi connectivity index (χ1) is 5.74. The van der Waals surface area contributed by atoms with Crippen molar-refractivity contribution in [1.82, 2.24) is 10.3 Å². The zero-order valence-corrected chi connectivity index (χ0v) is 7.65. The Hall–Kier alpha value is -0.940. The number of nitrogens with one attached hydrogen (secondary N) is 1. The summed E-state index contributed by atoms with van der Waals surface area (Å²) in [5.41, 5.74) is 5.23. The van der Waals surface area contributed by atoms with Gasteiger partial charge < -0.3 is 11.1 Å². The molecule has 0 radical (unpaired) electrons. The summed E-state index contributed by atoms with van der Waals surface area (Å²) in [4.78, 5) is 15.8. The Morgan fingerprint density at radius 1 is 1.83 bits per heavy atom. The molecule has 0 aliphatic heterocycles. The van der Waals surface area contributed by atoms with Gasteiger partial charge in [-0.2, -0.15) is 0 Å². The molecule has 1 heterocycles. The lowest BCUT2D eigenvalue weighted by Crippen LogP contribution is -2.28. The van der Waals surface area contributed by atoms with E-state index in [1.54, 1.807) is 6.20 Å². The Balaban J connectivity index is 2.53. The molecule has 0 fully saturated rings. The lowest BCUT2D eigenvalue weighted by molar-refractivity contribution is 0.0958. The van der Waals surface area contributed by atoms with Gasteiger partial charge in [-0.3, -0.25) is 4.79 Å². The number of nitrogens with zero attached hydrogens (tertiary/aromatic N) is 1. The van der Waals surface area contributed by atoms with E-state index in [4.69, 9.17) is 5.73 Å². The highest BCUT2D eigenvalue weighted by Crippen LogP contribution is 2.10. The van der Waals surface area contributed by atoms with Crippen LogP contribution in [0.2, 0.25) is 0 Å². The lowest BCUT2D eigenvalue weighted by atomic mass is 10.5.